The molecule has 1 rings (SSSR count). The largest absolute Gasteiger partial charge is 0.483 e. The fourth-order valence-electron chi connectivity index (χ4n) is 0.846. The van der Waals surface area contributed by atoms with Gasteiger partial charge >= 0.3 is 0 Å². The molecule has 4 nitrogen and oxygen atoms in total. The van der Waals surface area contributed by atoms with Crippen molar-refractivity contribution < 1.29 is 9.53 Å². The number of carbonyl (C=O) groups is 1. The van der Waals surface area contributed by atoms with Crippen molar-refractivity contribution in [3.63, 3.8) is 0 Å². The Labute approximate surface area is 90.6 Å². The number of rotatable bonds is 3. The summed E-state index contributed by atoms with van der Waals surface area (Å²) < 4.78 is 6.01. The average Bonchev–Trinajstić information content (AvgIpc) is 2.19. The molecule has 76 valence electrons. The minimum atomic E-state index is -0.181. The van der Waals surface area contributed by atoms with Crippen LogP contribution in [-0.4, -0.2) is 19.6 Å². The minimum absolute atomic E-state index is 0.0153. The van der Waals surface area contributed by atoms with Crippen molar-refractivity contribution in [1.29, 1.82) is 0 Å². The van der Waals surface area contributed by atoms with Crippen molar-refractivity contribution in [2.45, 2.75) is 0 Å². The normalized spacial score (nSPS) is 9.57. The predicted molar refractivity (Wildman–Crippen MR) is 58.1 cm³/mol. The van der Waals surface area contributed by atoms with Gasteiger partial charge in [0, 0.05) is 18.8 Å². The lowest BCUT2D eigenvalue weighted by atomic mass is 10.3. The molecule has 0 saturated carbocycles. The fraction of sp³-hybridized carbons (Fsp3) is 0.222. The standard InChI is InChI=1S/C9H11BrN2O2/c1-12-9(13)5-14-8-4-6(11)2-3-7(8)10/h2-4H,5,11H2,1H3,(H,12,13). The van der Waals surface area contributed by atoms with Gasteiger partial charge in [-0.3, -0.25) is 4.79 Å². The topological polar surface area (TPSA) is 64.3 Å². The van der Waals surface area contributed by atoms with Crippen LogP contribution in [0.1, 0.15) is 0 Å². The van der Waals surface area contributed by atoms with Crippen LogP contribution in [0.4, 0.5) is 5.69 Å². The smallest absolute Gasteiger partial charge is 0.257 e. The van der Waals surface area contributed by atoms with E-state index in [1.165, 1.54) is 0 Å². The summed E-state index contributed by atoms with van der Waals surface area (Å²) >= 11 is 3.29. The summed E-state index contributed by atoms with van der Waals surface area (Å²) in [5.41, 5.74) is 6.16. The first-order valence-electron chi connectivity index (χ1n) is 4.02. The molecule has 0 aliphatic heterocycles. The van der Waals surface area contributed by atoms with Gasteiger partial charge in [-0.1, -0.05) is 0 Å². The first kappa shape index (κ1) is 10.8. The molecule has 0 unspecified atom stereocenters. The van der Waals surface area contributed by atoms with Gasteiger partial charge in [-0.25, -0.2) is 0 Å². The molecule has 0 aliphatic carbocycles. The average molecular weight is 259 g/mol. The van der Waals surface area contributed by atoms with Crippen LogP contribution in [0.5, 0.6) is 5.75 Å². The molecule has 3 N–H and O–H groups in total. The minimum Gasteiger partial charge on any atom is -0.483 e. The van der Waals surface area contributed by atoms with Crippen LogP contribution in [0.3, 0.4) is 0 Å². The van der Waals surface area contributed by atoms with E-state index in [2.05, 4.69) is 21.2 Å². The van der Waals surface area contributed by atoms with Gasteiger partial charge in [0.2, 0.25) is 0 Å². The molecule has 1 aromatic carbocycles. The van der Waals surface area contributed by atoms with Gasteiger partial charge in [-0.15, -0.1) is 0 Å². The quantitative estimate of drug-likeness (QED) is 0.800. The number of carbonyl (C=O) groups excluding carboxylic acids is 1. The van der Waals surface area contributed by atoms with Crippen LogP contribution < -0.4 is 15.8 Å². The number of halogens is 1. The third kappa shape index (κ3) is 2.92. The fourth-order valence-corrected chi connectivity index (χ4v) is 1.21. The molecule has 0 bridgehead atoms. The van der Waals surface area contributed by atoms with Crippen LogP contribution in [0.2, 0.25) is 0 Å². The summed E-state index contributed by atoms with van der Waals surface area (Å²) in [4.78, 5) is 10.9. The van der Waals surface area contributed by atoms with Crippen LogP contribution in [-0.2, 0) is 4.79 Å². The molecule has 0 radical (unpaired) electrons. The number of nitrogen functional groups attached to an aromatic ring is 1. The molecular weight excluding hydrogens is 248 g/mol. The van der Waals surface area contributed by atoms with E-state index in [1.807, 2.05) is 0 Å². The monoisotopic (exact) mass is 258 g/mol. The Hall–Kier alpha value is -1.23. The maximum Gasteiger partial charge on any atom is 0.257 e. The summed E-state index contributed by atoms with van der Waals surface area (Å²) in [5.74, 6) is 0.382. The SMILES string of the molecule is CNC(=O)COc1cc(N)ccc1Br. The van der Waals surface area contributed by atoms with E-state index in [0.29, 0.717) is 11.4 Å². The zero-order chi connectivity index (χ0) is 10.6. The highest BCUT2D eigenvalue weighted by molar-refractivity contribution is 9.10. The predicted octanol–water partition coefficient (Wildman–Crippen LogP) is 1.16. The maximum atomic E-state index is 10.9. The van der Waals surface area contributed by atoms with Crippen LogP contribution in [0.25, 0.3) is 0 Å². The first-order valence-corrected chi connectivity index (χ1v) is 4.81. The van der Waals surface area contributed by atoms with Gasteiger partial charge in [0.25, 0.3) is 5.91 Å². The van der Waals surface area contributed by atoms with Crippen molar-refractivity contribution in [3.8, 4) is 5.75 Å². The van der Waals surface area contributed by atoms with Crippen LogP contribution >= 0.6 is 15.9 Å². The lowest BCUT2D eigenvalue weighted by molar-refractivity contribution is -0.122. The van der Waals surface area contributed by atoms with Crippen molar-refractivity contribution in [1.82, 2.24) is 5.32 Å². The molecule has 1 aromatic rings. The molecular formula is C9H11BrN2O2. The Kier molecular flexibility index (Phi) is 3.76. The van der Waals surface area contributed by atoms with Crippen molar-refractivity contribution >= 4 is 27.5 Å². The number of amides is 1. The number of hydrogen-bond acceptors (Lipinski definition) is 3. The molecule has 1 amide bonds. The second kappa shape index (κ2) is 4.85. The Bertz CT molecular complexity index is 342. The Morgan fingerprint density at radius 1 is 1.64 bits per heavy atom. The Morgan fingerprint density at radius 3 is 3.00 bits per heavy atom. The van der Waals surface area contributed by atoms with Gasteiger partial charge in [0.15, 0.2) is 6.61 Å². The van der Waals surface area contributed by atoms with E-state index in [-0.39, 0.29) is 12.5 Å². The van der Waals surface area contributed by atoms with E-state index < -0.39 is 0 Å². The van der Waals surface area contributed by atoms with Crippen molar-refractivity contribution in [3.05, 3.63) is 22.7 Å². The summed E-state index contributed by atoms with van der Waals surface area (Å²) in [6.07, 6.45) is 0. The molecule has 14 heavy (non-hydrogen) atoms. The number of likely N-dealkylation sites (N-methyl/N-ethyl adjacent to an activating group) is 1. The number of benzene rings is 1. The van der Waals surface area contributed by atoms with E-state index in [9.17, 15) is 4.79 Å². The Balaban J connectivity index is 2.66. The number of nitrogens with two attached hydrogens (primary N) is 1. The van der Waals surface area contributed by atoms with Gasteiger partial charge < -0.3 is 15.8 Å². The summed E-state index contributed by atoms with van der Waals surface area (Å²) in [5, 5.41) is 2.46. The van der Waals surface area contributed by atoms with Gasteiger partial charge in [-0.05, 0) is 28.1 Å². The molecule has 0 fully saturated rings. The van der Waals surface area contributed by atoms with Gasteiger partial charge in [0.05, 0.1) is 4.47 Å². The summed E-state index contributed by atoms with van der Waals surface area (Å²) in [7, 11) is 1.56. The highest BCUT2D eigenvalue weighted by atomic mass is 79.9. The highest BCUT2D eigenvalue weighted by Gasteiger charge is 2.04. The Morgan fingerprint density at radius 2 is 2.36 bits per heavy atom. The zero-order valence-electron chi connectivity index (χ0n) is 7.71. The summed E-state index contributed by atoms with van der Waals surface area (Å²) in [6, 6.07) is 5.18. The van der Waals surface area contributed by atoms with E-state index in [4.69, 9.17) is 10.5 Å². The third-order valence-electron chi connectivity index (χ3n) is 1.59. The zero-order valence-corrected chi connectivity index (χ0v) is 9.30. The lowest BCUT2D eigenvalue weighted by Crippen LogP contribution is -2.24. The molecule has 5 heteroatoms. The number of nitrogens with one attached hydrogen (secondary N) is 1. The van der Waals surface area contributed by atoms with Crippen molar-refractivity contribution in [2.24, 2.45) is 0 Å². The number of hydrogen-bond donors (Lipinski definition) is 2. The lowest BCUT2D eigenvalue weighted by Gasteiger charge is -2.07. The first-order chi connectivity index (χ1) is 6.63. The number of ether oxygens (including phenoxy) is 1. The van der Waals surface area contributed by atoms with Gasteiger partial charge in [-0.2, -0.15) is 0 Å². The van der Waals surface area contributed by atoms with E-state index >= 15 is 0 Å². The van der Waals surface area contributed by atoms with Gasteiger partial charge in [0.1, 0.15) is 5.75 Å². The van der Waals surface area contributed by atoms with Crippen molar-refractivity contribution in [2.75, 3.05) is 19.4 Å². The second-order valence-electron chi connectivity index (χ2n) is 2.65. The van der Waals surface area contributed by atoms with E-state index in [1.54, 1.807) is 25.2 Å². The highest BCUT2D eigenvalue weighted by Crippen LogP contribution is 2.26. The number of anilines is 1. The molecule has 0 heterocycles. The van der Waals surface area contributed by atoms with Crippen LogP contribution in [0.15, 0.2) is 22.7 Å². The van der Waals surface area contributed by atoms with E-state index in [0.717, 1.165) is 4.47 Å². The summed E-state index contributed by atoms with van der Waals surface area (Å²) in [6.45, 7) is -0.0153. The van der Waals surface area contributed by atoms with Crippen LogP contribution in [0, 0.1) is 0 Å². The molecule has 0 atom stereocenters. The molecule has 0 saturated heterocycles. The molecule has 0 aliphatic rings. The third-order valence-corrected chi connectivity index (χ3v) is 2.25. The molecule has 0 aromatic heterocycles. The maximum absolute atomic E-state index is 10.9. The second-order valence-corrected chi connectivity index (χ2v) is 3.51. The molecule has 0 spiro atoms.